The van der Waals surface area contributed by atoms with Crippen LogP contribution in [0.15, 0.2) is 0 Å². The molecule has 1 amide bonds. The monoisotopic (exact) mass is 261 g/mol. The van der Waals surface area contributed by atoms with E-state index in [4.69, 9.17) is 9.84 Å². The van der Waals surface area contributed by atoms with Crippen molar-refractivity contribution in [2.45, 2.75) is 51.1 Å². The lowest BCUT2D eigenvalue weighted by Gasteiger charge is -2.34. The Morgan fingerprint density at radius 1 is 1.41 bits per heavy atom. The summed E-state index contributed by atoms with van der Waals surface area (Å²) in [6.45, 7) is 8.93. The summed E-state index contributed by atoms with van der Waals surface area (Å²) in [6, 6.07) is -0.815. The van der Waals surface area contributed by atoms with Gasteiger partial charge in [0, 0.05) is 5.75 Å². The molecule has 1 heterocycles. The second-order valence-electron chi connectivity index (χ2n) is 5.46. The highest BCUT2D eigenvalue weighted by atomic mass is 32.2. The first-order chi connectivity index (χ1) is 7.54. The number of amides is 1. The zero-order chi connectivity index (χ0) is 13.4. The Kier molecular flexibility index (Phi) is 3.66. The van der Waals surface area contributed by atoms with Crippen LogP contribution in [-0.4, -0.2) is 44.3 Å². The number of rotatable bonds is 1. The molecule has 1 saturated heterocycles. The quantitative estimate of drug-likeness (QED) is 0.783. The van der Waals surface area contributed by atoms with E-state index in [1.165, 1.54) is 16.7 Å². The van der Waals surface area contributed by atoms with Crippen LogP contribution in [0.1, 0.15) is 34.6 Å². The molecule has 1 N–H and O–H groups in total. The number of carboxylic acids is 1. The summed E-state index contributed by atoms with van der Waals surface area (Å²) in [7, 11) is 0. The largest absolute Gasteiger partial charge is 0.480 e. The van der Waals surface area contributed by atoms with Gasteiger partial charge in [0.05, 0.1) is 4.87 Å². The standard InChI is InChI=1S/C11H19NO4S/c1-10(2,3)16-9(15)12-7(8(13)14)6-17-11(12,4)5/h7H,6H2,1-5H3,(H,13,14). The van der Waals surface area contributed by atoms with Gasteiger partial charge in [-0.25, -0.2) is 9.59 Å². The molecule has 1 aliphatic rings. The van der Waals surface area contributed by atoms with Crippen molar-refractivity contribution >= 4 is 23.8 Å². The van der Waals surface area contributed by atoms with Crippen molar-refractivity contribution in [1.82, 2.24) is 4.90 Å². The van der Waals surface area contributed by atoms with E-state index in [9.17, 15) is 9.59 Å². The molecule has 5 nitrogen and oxygen atoms in total. The molecule has 0 spiro atoms. The maximum atomic E-state index is 12.0. The molecule has 0 aromatic heterocycles. The Hall–Kier alpha value is -0.910. The fourth-order valence-corrected chi connectivity index (χ4v) is 2.84. The fraction of sp³-hybridized carbons (Fsp3) is 0.818. The summed E-state index contributed by atoms with van der Waals surface area (Å²) >= 11 is 1.44. The van der Waals surface area contributed by atoms with Crippen molar-refractivity contribution in [2.75, 3.05) is 5.75 Å². The Balaban J connectivity index is 2.90. The second kappa shape index (κ2) is 4.40. The molecule has 17 heavy (non-hydrogen) atoms. The fourth-order valence-electron chi connectivity index (χ4n) is 1.64. The first kappa shape index (κ1) is 14.2. The number of hydrogen-bond acceptors (Lipinski definition) is 4. The Labute approximate surface area is 105 Å². The van der Waals surface area contributed by atoms with Crippen molar-refractivity contribution in [3.8, 4) is 0 Å². The van der Waals surface area contributed by atoms with E-state index < -0.39 is 28.6 Å². The Morgan fingerprint density at radius 2 is 1.94 bits per heavy atom. The molecule has 0 aliphatic carbocycles. The molecule has 1 aliphatic heterocycles. The zero-order valence-corrected chi connectivity index (χ0v) is 11.6. The lowest BCUT2D eigenvalue weighted by molar-refractivity contribution is -0.142. The minimum atomic E-state index is -0.992. The molecule has 1 fully saturated rings. The minimum Gasteiger partial charge on any atom is -0.480 e. The average molecular weight is 261 g/mol. The van der Waals surface area contributed by atoms with Crippen LogP contribution in [0.4, 0.5) is 4.79 Å². The minimum absolute atomic E-state index is 0.390. The SMILES string of the molecule is CC(C)(C)OC(=O)N1C(C(=O)O)CSC1(C)C. The topological polar surface area (TPSA) is 66.8 Å². The van der Waals surface area contributed by atoms with E-state index in [1.807, 2.05) is 13.8 Å². The number of carboxylic acid groups (broad SMARTS) is 1. The molecule has 1 unspecified atom stereocenters. The van der Waals surface area contributed by atoms with Gasteiger partial charge in [-0.15, -0.1) is 11.8 Å². The van der Waals surface area contributed by atoms with E-state index in [0.717, 1.165) is 0 Å². The third kappa shape index (κ3) is 3.28. The normalized spacial score (nSPS) is 23.6. The predicted octanol–water partition coefficient (Wildman–Crippen LogP) is 2.16. The average Bonchev–Trinajstić information content (AvgIpc) is 2.37. The molecule has 0 radical (unpaired) electrons. The van der Waals surface area contributed by atoms with Crippen LogP contribution in [0.3, 0.4) is 0 Å². The van der Waals surface area contributed by atoms with Crippen LogP contribution in [0.5, 0.6) is 0 Å². The number of ether oxygens (including phenoxy) is 1. The highest BCUT2D eigenvalue weighted by Crippen LogP contribution is 2.39. The first-order valence-corrected chi connectivity index (χ1v) is 6.42. The van der Waals surface area contributed by atoms with Crippen LogP contribution in [0.2, 0.25) is 0 Å². The van der Waals surface area contributed by atoms with Crippen LogP contribution in [-0.2, 0) is 9.53 Å². The molecule has 1 atom stereocenters. The molecular weight excluding hydrogens is 242 g/mol. The van der Waals surface area contributed by atoms with Gasteiger partial charge in [0.2, 0.25) is 0 Å². The van der Waals surface area contributed by atoms with Gasteiger partial charge < -0.3 is 9.84 Å². The van der Waals surface area contributed by atoms with Gasteiger partial charge in [-0.2, -0.15) is 0 Å². The third-order valence-electron chi connectivity index (χ3n) is 2.36. The Morgan fingerprint density at radius 3 is 2.35 bits per heavy atom. The van der Waals surface area contributed by atoms with E-state index in [0.29, 0.717) is 5.75 Å². The van der Waals surface area contributed by atoms with Crippen molar-refractivity contribution < 1.29 is 19.4 Å². The van der Waals surface area contributed by atoms with E-state index in [1.54, 1.807) is 20.8 Å². The van der Waals surface area contributed by atoms with Gasteiger partial charge >= 0.3 is 12.1 Å². The molecule has 0 aromatic rings. The van der Waals surface area contributed by atoms with Gasteiger partial charge in [0.25, 0.3) is 0 Å². The second-order valence-corrected chi connectivity index (χ2v) is 7.08. The summed E-state index contributed by atoms with van der Waals surface area (Å²) in [5.74, 6) is -0.601. The summed E-state index contributed by atoms with van der Waals surface area (Å²) in [6.07, 6.45) is -0.570. The lowest BCUT2D eigenvalue weighted by atomic mass is 10.2. The molecule has 0 bridgehead atoms. The summed E-state index contributed by atoms with van der Waals surface area (Å²) in [4.78, 5) is 23.9. The summed E-state index contributed by atoms with van der Waals surface area (Å²) in [5.41, 5.74) is -0.622. The highest BCUT2D eigenvalue weighted by molar-refractivity contribution is 8.00. The molecule has 0 aromatic carbocycles. The smallest absolute Gasteiger partial charge is 0.412 e. The highest BCUT2D eigenvalue weighted by Gasteiger charge is 2.48. The maximum absolute atomic E-state index is 12.0. The summed E-state index contributed by atoms with van der Waals surface area (Å²) in [5, 5.41) is 9.10. The van der Waals surface area contributed by atoms with Crippen molar-refractivity contribution in [2.24, 2.45) is 0 Å². The molecule has 98 valence electrons. The predicted molar refractivity (Wildman–Crippen MR) is 66.0 cm³/mol. The van der Waals surface area contributed by atoms with Crippen molar-refractivity contribution in [3.05, 3.63) is 0 Å². The van der Waals surface area contributed by atoms with Gasteiger partial charge in [-0.3, -0.25) is 4.90 Å². The first-order valence-electron chi connectivity index (χ1n) is 5.44. The van der Waals surface area contributed by atoms with Crippen LogP contribution >= 0.6 is 11.8 Å². The molecule has 1 rings (SSSR count). The van der Waals surface area contributed by atoms with Crippen molar-refractivity contribution in [3.63, 3.8) is 0 Å². The van der Waals surface area contributed by atoms with E-state index in [2.05, 4.69) is 0 Å². The van der Waals surface area contributed by atoms with Gasteiger partial charge in [0.15, 0.2) is 0 Å². The zero-order valence-electron chi connectivity index (χ0n) is 10.8. The van der Waals surface area contributed by atoms with Crippen molar-refractivity contribution in [1.29, 1.82) is 0 Å². The lowest BCUT2D eigenvalue weighted by Crippen LogP contribution is -2.51. The third-order valence-corrected chi connectivity index (χ3v) is 3.75. The van der Waals surface area contributed by atoms with Crippen LogP contribution in [0.25, 0.3) is 0 Å². The molecular formula is C11H19NO4S. The number of thioether (sulfide) groups is 1. The molecule has 0 saturated carbocycles. The number of carbonyl (C=O) groups excluding carboxylic acids is 1. The molecule has 6 heteroatoms. The number of nitrogens with zero attached hydrogens (tertiary/aromatic N) is 1. The van der Waals surface area contributed by atoms with E-state index in [-0.39, 0.29) is 0 Å². The van der Waals surface area contributed by atoms with Gasteiger partial charge in [-0.1, -0.05) is 0 Å². The van der Waals surface area contributed by atoms with Crippen LogP contribution in [0, 0.1) is 0 Å². The summed E-state index contributed by atoms with van der Waals surface area (Å²) < 4.78 is 5.25. The Bertz CT molecular complexity index is 335. The van der Waals surface area contributed by atoms with E-state index >= 15 is 0 Å². The number of hydrogen-bond donors (Lipinski definition) is 1. The van der Waals surface area contributed by atoms with Gasteiger partial charge in [0.1, 0.15) is 11.6 Å². The van der Waals surface area contributed by atoms with Gasteiger partial charge in [-0.05, 0) is 34.6 Å². The number of carbonyl (C=O) groups is 2. The maximum Gasteiger partial charge on any atom is 0.412 e. The van der Waals surface area contributed by atoms with Crippen LogP contribution < -0.4 is 0 Å². The number of aliphatic carboxylic acids is 1.